The van der Waals surface area contributed by atoms with Crippen molar-refractivity contribution in [3.05, 3.63) is 29.6 Å². The SMILES string of the molecule is COc1ccc(F)cc1CCC(CN)CN. The minimum atomic E-state index is -0.243. The molecule has 0 atom stereocenters. The Morgan fingerprint density at radius 1 is 1.31 bits per heavy atom. The van der Waals surface area contributed by atoms with Crippen LogP contribution >= 0.6 is 0 Å². The van der Waals surface area contributed by atoms with E-state index < -0.39 is 0 Å². The molecule has 90 valence electrons. The number of methoxy groups -OCH3 is 1. The molecular formula is C12H19FN2O. The van der Waals surface area contributed by atoms with Gasteiger partial charge in [-0.2, -0.15) is 0 Å². The highest BCUT2D eigenvalue weighted by Crippen LogP contribution is 2.21. The van der Waals surface area contributed by atoms with Gasteiger partial charge in [0.15, 0.2) is 0 Å². The lowest BCUT2D eigenvalue weighted by molar-refractivity contribution is 0.404. The summed E-state index contributed by atoms with van der Waals surface area (Å²) in [7, 11) is 1.58. The van der Waals surface area contributed by atoms with Crippen LogP contribution in [0.25, 0.3) is 0 Å². The topological polar surface area (TPSA) is 61.3 Å². The van der Waals surface area contributed by atoms with Gasteiger partial charge >= 0.3 is 0 Å². The Hall–Kier alpha value is -1.13. The van der Waals surface area contributed by atoms with E-state index in [9.17, 15) is 4.39 Å². The average molecular weight is 226 g/mol. The van der Waals surface area contributed by atoms with Gasteiger partial charge in [-0.05, 0) is 55.6 Å². The highest BCUT2D eigenvalue weighted by Gasteiger charge is 2.08. The summed E-state index contributed by atoms with van der Waals surface area (Å²) >= 11 is 0. The van der Waals surface area contributed by atoms with Crippen LogP contribution in [-0.2, 0) is 6.42 Å². The maximum atomic E-state index is 13.1. The first-order chi connectivity index (χ1) is 7.71. The van der Waals surface area contributed by atoms with Crippen molar-refractivity contribution in [3.63, 3.8) is 0 Å². The molecule has 0 aromatic heterocycles. The Kier molecular flexibility index (Phi) is 5.22. The zero-order valence-electron chi connectivity index (χ0n) is 9.58. The fraction of sp³-hybridized carbons (Fsp3) is 0.500. The van der Waals surface area contributed by atoms with Gasteiger partial charge < -0.3 is 16.2 Å². The number of ether oxygens (including phenoxy) is 1. The lowest BCUT2D eigenvalue weighted by Gasteiger charge is -2.13. The second kappa shape index (κ2) is 6.45. The van der Waals surface area contributed by atoms with Gasteiger partial charge in [-0.15, -0.1) is 0 Å². The minimum Gasteiger partial charge on any atom is -0.496 e. The minimum absolute atomic E-state index is 0.243. The predicted octanol–water partition coefficient (Wildman–Crippen LogP) is 1.30. The van der Waals surface area contributed by atoms with E-state index in [4.69, 9.17) is 16.2 Å². The van der Waals surface area contributed by atoms with Crippen molar-refractivity contribution in [1.29, 1.82) is 0 Å². The quantitative estimate of drug-likeness (QED) is 0.768. The number of benzene rings is 1. The third-order valence-electron chi connectivity index (χ3n) is 2.73. The molecule has 0 radical (unpaired) electrons. The third-order valence-corrected chi connectivity index (χ3v) is 2.73. The molecule has 0 bridgehead atoms. The van der Waals surface area contributed by atoms with Gasteiger partial charge in [0.2, 0.25) is 0 Å². The summed E-state index contributed by atoms with van der Waals surface area (Å²) in [6.45, 7) is 1.13. The molecule has 0 amide bonds. The molecule has 0 aliphatic heterocycles. The van der Waals surface area contributed by atoms with Crippen LogP contribution in [0.4, 0.5) is 4.39 Å². The van der Waals surface area contributed by atoms with E-state index in [0.717, 1.165) is 18.4 Å². The molecule has 0 aliphatic rings. The standard InChI is InChI=1S/C12H19FN2O/c1-16-12-5-4-11(13)6-10(12)3-2-9(7-14)8-15/h4-6,9H,2-3,7-8,14-15H2,1H3. The summed E-state index contributed by atoms with van der Waals surface area (Å²) < 4.78 is 18.2. The molecule has 0 saturated carbocycles. The molecular weight excluding hydrogens is 207 g/mol. The fourth-order valence-electron chi connectivity index (χ4n) is 1.63. The van der Waals surface area contributed by atoms with Crippen molar-refractivity contribution < 1.29 is 9.13 Å². The van der Waals surface area contributed by atoms with Crippen LogP contribution in [-0.4, -0.2) is 20.2 Å². The van der Waals surface area contributed by atoms with E-state index in [1.54, 1.807) is 13.2 Å². The smallest absolute Gasteiger partial charge is 0.123 e. The number of hydrogen-bond donors (Lipinski definition) is 2. The Labute approximate surface area is 95.6 Å². The van der Waals surface area contributed by atoms with Crippen LogP contribution in [0.3, 0.4) is 0 Å². The fourth-order valence-corrected chi connectivity index (χ4v) is 1.63. The third kappa shape index (κ3) is 3.47. The zero-order valence-corrected chi connectivity index (χ0v) is 9.58. The maximum Gasteiger partial charge on any atom is 0.123 e. The molecule has 0 heterocycles. The van der Waals surface area contributed by atoms with Crippen molar-refractivity contribution in [2.75, 3.05) is 20.2 Å². The maximum absolute atomic E-state index is 13.1. The van der Waals surface area contributed by atoms with Crippen molar-refractivity contribution in [2.45, 2.75) is 12.8 Å². The highest BCUT2D eigenvalue weighted by atomic mass is 19.1. The molecule has 0 spiro atoms. The first kappa shape index (κ1) is 12.9. The number of halogens is 1. The molecule has 16 heavy (non-hydrogen) atoms. The molecule has 0 saturated heterocycles. The number of rotatable bonds is 6. The van der Waals surface area contributed by atoms with Crippen molar-refractivity contribution in [3.8, 4) is 5.75 Å². The molecule has 0 fully saturated rings. The van der Waals surface area contributed by atoms with Crippen molar-refractivity contribution >= 4 is 0 Å². The van der Waals surface area contributed by atoms with Gasteiger partial charge in [-0.1, -0.05) is 0 Å². The first-order valence-corrected chi connectivity index (χ1v) is 5.43. The average Bonchev–Trinajstić information content (AvgIpc) is 2.30. The van der Waals surface area contributed by atoms with E-state index in [0.29, 0.717) is 18.8 Å². The van der Waals surface area contributed by atoms with Crippen molar-refractivity contribution in [2.24, 2.45) is 17.4 Å². The van der Waals surface area contributed by atoms with Crippen LogP contribution in [0.5, 0.6) is 5.75 Å². The molecule has 4 heteroatoms. The first-order valence-electron chi connectivity index (χ1n) is 5.43. The van der Waals surface area contributed by atoms with Crippen LogP contribution < -0.4 is 16.2 Å². The van der Waals surface area contributed by atoms with Gasteiger partial charge in [0.05, 0.1) is 7.11 Å². The zero-order chi connectivity index (χ0) is 12.0. The summed E-state index contributed by atoms with van der Waals surface area (Å²) in [5, 5.41) is 0. The summed E-state index contributed by atoms with van der Waals surface area (Å²) in [5.74, 6) is 0.759. The van der Waals surface area contributed by atoms with E-state index in [2.05, 4.69) is 0 Å². The summed E-state index contributed by atoms with van der Waals surface area (Å²) in [5.41, 5.74) is 12.0. The lowest BCUT2D eigenvalue weighted by Crippen LogP contribution is -2.23. The number of nitrogens with two attached hydrogens (primary N) is 2. The summed E-state index contributed by atoms with van der Waals surface area (Å²) in [4.78, 5) is 0. The largest absolute Gasteiger partial charge is 0.496 e. The van der Waals surface area contributed by atoms with E-state index >= 15 is 0 Å². The molecule has 3 nitrogen and oxygen atoms in total. The Morgan fingerprint density at radius 3 is 2.56 bits per heavy atom. The lowest BCUT2D eigenvalue weighted by atomic mass is 9.99. The van der Waals surface area contributed by atoms with Crippen LogP contribution in [0.1, 0.15) is 12.0 Å². The van der Waals surface area contributed by atoms with Crippen LogP contribution in [0, 0.1) is 11.7 Å². The van der Waals surface area contributed by atoms with Gasteiger partial charge in [-0.3, -0.25) is 0 Å². The van der Waals surface area contributed by atoms with Crippen molar-refractivity contribution in [1.82, 2.24) is 0 Å². The molecule has 4 N–H and O–H groups in total. The van der Waals surface area contributed by atoms with Gasteiger partial charge in [0, 0.05) is 0 Å². The summed E-state index contributed by atoms with van der Waals surface area (Å²) in [6.07, 6.45) is 1.59. The molecule has 1 aromatic rings. The second-order valence-corrected chi connectivity index (χ2v) is 3.83. The van der Waals surface area contributed by atoms with Gasteiger partial charge in [0.1, 0.15) is 11.6 Å². The molecule has 1 rings (SSSR count). The second-order valence-electron chi connectivity index (χ2n) is 3.83. The van der Waals surface area contributed by atoms with E-state index in [1.165, 1.54) is 12.1 Å². The molecule has 0 unspecified atom stereocenters. The van der Waals surface area contributed by atoms with E-state index in [-0.39, 0.29) is 11.7 Å². The highest BCUT2D eigenvalue weighted by molar-refractivity contribution is 5.34. The van der Waals surface area contributed by atoms with Crippen LogP contribution in [0.15, 0.2) is 18.2 Å². The Morgan fingerprint density at radius 2 is 2.00 bits per heavy atom. The Balaban J connectivity index is 2.68. The monoisotopic (exact) mass is 226 g/mol. The molecule has 1 aromatic carbocycles. The van der Waals surface area contributed by atoms with Gasteiger partial charge in [0.25, 0.3) is 0 Å². The number of hydrogen-bond acceptors (Lipinski definition) is 3. The Bertz CT molecular complexity index is 327. The number of aryl methyl sites for hydroxylation is 1. The molecule has 0 aliphatic carbocycles. The summed E-state index contributed by atoms with van der Waals surface area (Å²) in [6, 6.07) is 4.54. The van der Waals surface area contributed by atoms with Crippen LogP contribution in [0.2, 0.25) is 0 Å². The van der Waals surface area contributed by atoms with Gasteiger partial charge in [-0.25, -0.2) is 4.39 Å². The normalized spacial score (nSPS) is 10.8. The predicted molar refractivity (Wildman–Crippen MR) is 62.9 cm³/mol. The van der Waals surface area contributed by atoms with E-state index in [1.807, 2.05) is 0 Å².